The van der Waals surface area contributed by atoms with Gasteiger partial charge in [-0.1, -0.05) is 12.0 Å². The Morgan fingerprint density at radius 2 is 1.59 bits per heavy atom. The molecule has 0 saturated carbocycles. The van der Waals surface area contributed by atoms with Crippen LogP contribution in [0.15, 0.2) is 27.8 Å². The molecular weight excluding hydrogens is 348 g/mol. The monoisotopic (exact) mass is 368 g/mol. The van der Waals surface area contributed by atoms with E-state index in [-0.39, 0.29) is 17.7 Å². The topological polar surface area (TPSA) is 116 Å². The van der Waals surface area contributed by atoms with Gasteiger partial charge in [0.1, 0.15) is 6.61 Å². The van der Waals surface area contributed by atoms with Crippen LogP contribution in [-0.4, -0.2) is 34.1 Å². The molecule has 0 spiro atoms. The Labute approximate surface area is 154 Å². The number of rotatable bonds is 6. The fraction of sp³-hybridized carbons (Fsp3) is 0.263. The van der Waals surface area contributed by atoms with Crippen molar-refractivity contribution >= 4 is 0 Å². The van der Waals surface area contributed by atoms with Crippen LogP contribution in [0.1, 0.15) is 34.0 Å². The molecule has 0 radical (unpaired) electrons. The third-order valence-corrected chi connectivity index (χ3v) is 4.43. The van der Waals surface area contributed by atoms with Crippen LogP contribution >= 0.6 is 0 Å². The quantitative estimate of drug-likeness (QED) is 0.494. The molecule has 0 saturated heterocycles. The maximum absolute atomic E-state index is 12.4. The molecule has 3 rings (SSSR count). The summed E-state index contributed by atoms with van der Waals surface area (Å²) >= 11 is 0. The van der Waals surface area contributed by atoms with E-state index in [1.54, 1.807) is 32.0 Å². The third-order valence-electron chi connectivity index (χ3n) is 4.43. The zero-order valence-electron chi connectivity index (χ0n) is 15.2. The number of hydrogen-bond donors (Lipinski definition) is 4. The molecule has 2 aromatic heterocycles. The first-order valence-corrected chi connectivity index (χ1v) is 8.26. The number of nitrogens with one attached hydrogen (secondary N) is 4. The van der Waals surface area contributed by atoms with E-state index in [4.69, 9.17) is 15.9 Å². The van der Waals surface area contributed by atoms with Gasteiger partial charge in [0.2, 0.25) is 0 Å². The van der Waals surface area contributed by atoms with Crippen LogP contribution < -0.4 is 20.6 Å². The van der Waals surface area contributed by atoms with Crippen molar-refractivity contribution in [1.29, 1.82) is 0 Å². The minimum Gasteiger partial charge on any atom is -0.493 e. The average molecular weight is 368 g/mol. The Balaban J connectivity index is 2.22. The molecule has 0 aliphatic heterocycles. The Hall–Kier alpha value is -3.60. The lowest BCUT2D eigenvalue weighted by atomic mass is 9.85. The highest BCUT2D eigenvalue weighted by atomic mass is 16.5. The van der Waals surface area contributed by atoms with Crippen molar-refractivity contribution in [2.75, 3.05) is 13.7 Å². The third kappa shape index (κ3) is 3.27. The molecule has 3 aromatic rings. The summed E-state index contributed by atoms with van der Waals surface area (Å²) in [5, 5.41) is 10.8. The molecule has 0 fully saturated rings. The second-order valence-electron chi connectivity index (χ2n) is 6.07. The maximum Gasteiger partial charge on any atom is 0.268 e. The van der Waals surface area contributed by atoms with E-state index in [0.29, 0.717) is 39.6 Å². The number of ether oxygens (including phenoxy) is 2. The van der Waals surface area contributed by atoms with Gasteiger partial charge in [-0.2, -0.15) is 0 Å². The molecular formula is C19H20N4O4. The highest BCUT2D eigenvalue weighted by Crippen LogP contribution is 2.36. The number of terminal acetylenes is 1. The molecule has 140 valence electrons. The molecule has 8 nitrogen and oxygen atoms in total. The van der Waals surface area contributed by atoms with Crippen molar-refractivity contribution in [2.24, 2.45) is 0 Å². The minimum absolute atomic E-state index is 0.103. The van der Waals surface area contributed by atoms with Crippen LogP contribution in [-0.2, 0) is 0 Å². The summed E-state index contributed by atoms with van der Waals surface area (Å²) in [7, 11) is 1.51. The Bertz CT molecular complexity index is 1060. The van der Waals surface area contributed by atoms with Crippen molar-refractivity contribution in [1.82, 2.24) is 20.4 Å². The summed E-state index contributed by atoms with van der Waals surface area (Å²) < 4.78 is 10.9. The van der Waals surface area contributed by atoms with Gasteiger partial charge in [-0.3, -0.25) is 19.8 Å². The summed E-state index contributed by atoms with van der Waals surface area (Å²) in [6.07, 6.45) is 5.24. The van der Waals surface area contributed by atoms with Gasteiger partial charge in [0.05, 0.1) is 18.2 Å². The lowest BCUT2D eigenvalue weighted by Crippen LogP contribution is -2.20. The minimum atomic E-state index is -0.592. The fourth-order valence-electron chi connectivity index (χ4n) is 3.19. The van der Waals surface area contributed by atoms with Crippen LogP contribution in [0.5, 0.6) is 11.5 Å². The van der Waals surface area contributed by atoms with Gasteiger partial charge in [0.15, 0.2) is 11.5 Å². The molecule has 1 aromatic carbocycles. The molecule has 8 heteroatoms. The number of benzene rings is 1. The fourth-order valence-corrected chi connectivity index (χ4v) is 3.19. The number of methoxy groups -OCH3 is 1. The molecule has 0 aliphatic carbocycles. The summed E-state index contributed by atoms with van der Waals surface area (Å²) in [5.41, 5.74) is 2.35. The van der Waals surface area contributed by atoms with Crippen LogP contribution in [0.2, 0.25) is 0 Å². The summed E-state index contributed by atoms with van der Waals surface area (Å²) in [6.45, 7) is 3.66. The molecule has 2 heterocycles. The van der Waals surface area contributed by atoms with E-state index in [1.165, 1.54) is 7.11 Å². The number of aromatic nitrogens is 4. The lowest BCUT2D eigenvalue weighted by Gasteiger charge is -2.18. The van der Waals surface area contributed by atoms with Crippen molar-refractivity contribution in [2.45, 2.75) is 19.8 Å². The predicted octanol–water partition coefficient (Wildman–Crippen LogP) is 1.54. The maximum atomic E-state index is 12.4. The van der Waals surface area contributed by atoms with E-state index in [0.717, 1.165) is 0 Å². The first-order valence-electron chi connectivity index (χ1n) is 8.26. The lowest BCUT2D eigenvalue weighted by molar-refractivity contribution is 0.330. The number of hydrogen-bond acceptors (Lipinski definition) is 4. The van der Waals surface area contributed by atoms with E-state index >= 15 is 0 Å². The Morgan fingerprint density at radius 3 is 2.04 bits per heavy atom. The molecule has 0 bridgehead atoms. The second-order valence-corrected chi connectivity index (χ2v) is 6.07. The van der Waals surface area contributed by atoms with Gasteiger partial charge in [0, 0.05) is 17.3 Å². The van der Waals surface area contributed by atoms with Gasteiger partial charge < -0.3 is 19.7 Å². The summed E-state index contributed by atoms with van der Waals surface area (Å²) in [6, 6.07) is 5.25. The van der Waals surface area contributed by atoms with Gasteiger partial charge in [-0.15, -0.1) is 6.42 Å². The summed E-state index contributed by atoms with van der Waals surface area (Å²) in [4.78, 5) is 24.9. The van der Waals surface area contributed by atoms with Crippen molar-refractivity contribution in [3.05, 3.63) is 67.0 Å². The Kier molecular flexibility index (Phi) is 4.94. The normalized spacial score (nSPS) is 10.8. The summed E-state index contributed by atoms with van der Waals surface area (Å²) in [5.74, 6) is 2.75. The molecule has 4 N–H and O–H groups in total. The van der Waals surface area contributed by atoms with Crippen molar-refractivity contribution < 1.29 is 9.47 Å². The van der Waals surface area contributed by atoms with Gasteiger partial charge in [-0.25, -0.2) is 0 Å². The highest BCUT2D eigenvalue weighted by molar-refractivity contribution is 5.50. The van der Waals surface area contributed by atoms with Gasteiger partial charge >= 0.3 is 0 Å². The van der Waals surface area contributed by atoms with E-state index < -0.39 is 5.92 Å². The van der Waals surface area contributed by atoms with Crippen LogP contribution in [0.25, 0.3) is 0 Å². The molecule has 0 aliphatic rings. The largest absolute Gasteiger partial charge is 0.493 e. The smallest absolute Gasteiger partial charge is 0.268 e. The molecule has 0 unspecified atom stereocenters. The number of aromatic amines is 4. The van der Waals surface area contributed by atoms with E-state index in [2.05, 4.69) is 26.3 Å². The number of aryl methyl sites for hydroxylation is 2. The van der Waals surface area contributed by atoms with Crippen molar-refractivity contribution in [3.8, 4) is 23.8 Å². The van der Waals surface area contributed by atoms with Crippen LogP contribution in [0.4, 0.5) is 0 Å². The molecule has 0 amide bonds. The number of H-pyrrole nitrogens is 4. The Morgan fingerprint density at radius 1 is 1.00 bits per heavy atom. The average Bonchev–Trinajstić information content (AvgIpc) is 3.17. The SMILES string of the molecule is C#CCOc1ccc(C(c2c(C)[nH][nH]c2=O)c2c(C)[nH][nH]c2=O)cc1OC. The zero-order valence-corrected chi connectivity index (χ0v) is 15.2. The van der Waals surface area contributed by atoms with Crippen LogP contribution in [0.3, 0.4) is 0 Å². The molecule has 0 atom stereocenters. The predicted molar refractivity (Wildman–Crippen MR) is 101 cm³/mol. The van der Waals surface area contributed by atoms with Crippen molar-refractivity contribution in [3.63, 3.8) is 0 Å². The van der Waals surface area contributed by atoms with Gasteiger partial charge in [-0.05, 0) is 31.5 Å². The zero-order chi connectivity index (χ0) is 19.6. The highest BCUT2D eigenvalue weighted by Gasteiger charge is 2.28. The molecule has 27 heavy (non-hydrogen) atoms. The standard InChI is InChI=1S/C19H20N4O4/c1-5-8-27-13-7-6-12(9-14(13)26-4)17(15-10(2)20-22-18(15)24)16-11(3)21-23-19(16)25/h1,6-7,9,17H,8H2,2-4H3,(H2,20,22,24)(H2,21,23,25). The van der Waals surface area contributed by atoms with Gasteiger partial charge in [0.25, 0.3) is 11.1 Å². The second kappa shape index (κ2) is 7.33. The first kappa shape index (κ1) is 18.2. The van der Waals surface area contributed by atoms with E-state index in [1.807, 2.05) is 0 Å². The first-order chi connectivity index (χ1) is 13.0. The van der Waals surface area contributed by atoms with Crippen LogP contribution in [0, 0.1) is 26.2 Å². The van der Waals surface area contributed by atoms with E-state index in [9.17, 15) is 9.59 Å².